The molecule has 6 heteroatoms. The van der Waals surface area contributed by atoms with Crippen molar-refractivity contribution in [2.24, 2.45) is 5.92 Å². The normalized spacial score (nSPS) is 15.7. The molecule has 1 aromatic carbocycles. The number of rotatable bonds is 6. The molecule has 1 amide bonds. The molecular weight excluding hydrogens is 299 g/mol. The first-order valence-electron chi connectivity index (χ1n) is 6.60. The smallest absolute Gasteiger partial charge is 0.225 e. The van der Waals surface area contributed by atoms with Crippen molar-refractivity contribution in [3.63, 3.8) is 0 Å². The Hall–Kier alpha value is -0.970. The van der Waals surface area contributed by atoms with Crippen LogP contribution in [0.3, 0.4) is 0 Å². The summed E-state index contributed by atoms with van der Waals surface area (Å²) < 4.78 is 5.81. The predicted octanol–water partition coefficient (Wildman–Crippen LogP) is 2.25. The van der Waals surface area contributed by atoms with E-state index in [9.17, 15) is 4.79 Å². The summed E-state index contributed by atoms with van der Waals surface area (Å²) in [6.07, 6.45) is 0.755. The summed E-state index contributed by atoms with van der Waals surface area (Å²) in [5.74, 6) is 0.869. The molecule has 1 saturated heterocycles. The average molecular weight is 319 g/mol. The zero-order chi connectivity index (χ0) is 13.7. The minimum atomic E-state index is -0.0584. The Labute approximate surface area is 130 Å². The van der Waals surface area contributed by atoms with Gasteiger partial charge in [0.25, 0.3) is 0 Å². The van der Waals surface area contributed by atoms with E-state index < -0.39 is 0 Å². The summed E-state index contributed by atoms with van der Waals surface area (Å²) in [5.41, 5.74) is 0. The summed E-state index contributed by atoms with van der Waals surface area (Å²) >= 11 is 6.05. The SMILES string of the molecule is CCC(CNC(=O)C1CNC1)Oc1ccccc1Cl.Cl. The molecule has 2 N–H and O–H groups in total. The highest BCUT2D eigenvalue weighted by Gasteiger charge is 2.25. The number of nitrogens with one attached hydrogen (secondary N) is 2. The topological polar surface area (TPSA) is 50.4 Å². The number of carbonyl (C=O) groups excluding carboxylic acids is 1. The van der Waals surface area contributed by atoms with Gasteiger partial charge in [0.05, 0.1) is 17.5 Å². The molecular formula is C14H20Cl2N2O2. The van der Waals surface area contributed by atoms with E-state index in [-0.39, 0.29) is 30.3 Å². The van der Waals surface area contributed by atoms with Crippen molar-refractivity contribution in [3.05, 3.63) is 29.3 Å². The molecule has 1 aliphatic heterocycles. The number of para-hydroxylation sites is 1. The van der Waals surface area contributed by atoms with Crippen molar-refractivity contribution < 1.29 is 9.53 Å². The Morgan fingerprint density at radius 1 is 1.50 bits per heavy atom. The second kappa shape index (κ2) is 8.35. The molecule has 20 heavy (non-hydrogen) atoms. The van der Waals surface area contributed by atoms with E-state index in [1.807, 2.05) is 25.1 Å². The van der Waals surface area contributed by atoms with Crippen LogP contribution in [0.4, 0.5) is 0 Å². The lowest BCUT2D eigenvalue weighted by molar-refractivity contribution is -0.126. The first kappa shape index (κ1) is 17.1. The maximum atomic E-state index is 11.7. The molecule has 1 fully saturated rings. The highest BCUT2D eigenvalue weighted by molar-refractivity contribution is 6.32. The molecule has 0 saturated carbocycles. The van der Waals surface area contributed by atoms with Crippen LogP contribution in [0, 0.1) is 5.92 Å². The van der Waals surface area contributed by atoms with E-state index in [0.29, 0.717) is 17.3 Å². The molecule has 0 spiro atoms. The van der Waals surface area contributed by atoms with Crippen molar-refractivity contribution in [2.75, 3.05) is 19.6 Å². The number of hydrogen-bond donors (Lipinski definition) is 2. The van der Waals surface area contributed by atoms with Crippen molar-refractivity contribution >= 4 is 29.9 Å². The van der Waals surface area contributed by atoms with Crippen LogP contribution in [0.1, 0.15) is 13.3 Å². The Balaban J connectivity index is 0.00000200. The fraction of sp³-hybridized carbons (Fsp3) is 0.500. The number of halogens is 2. The van der Waals surface area contributed by atoms with Gasteiger partial charge in [-0.05, 0) is 18.6 Å². The van der Waals surface area contributed by atoms with E-state index in [0.717, 1.165) is 19.5 Å². The van der Waals surface area contributed by atoms with Crippen LogP contribution in [0.15, 0.2) is 24.3 Å². The molecule has 0 bridgehead atoms. The fourth-order valence-electron chi connectivity index (χ4n) is 1.82. The second-order valence-electron chi connectivity index (χ2n) is 4.68. The summed E-state index contributed by atoms with van der Waals surface area (Å²) in [6.45, 7) is 4.08. The van der Waals surface area contributed by atoms with Crippen LogP contribution >= 0.6 is 24.0 Å². The van der Waals surface area contributed by atoms with E-state index in [4.69, 9.17) is 16.3 Å². The second-order valence-corrected chi connectivity index (χ2v) is 5.09. The van der Waals surface area contributed by atoms with Crippen molar-refractivity contribution in [1.82, 2.24) is 10.6 Å². The third-order valence-electron chi connectivity index (χ3n) is 3.24. The molecule has 2 rings (SSSR count). The molecule has 0 aliphatic carbocycles. The monoisotopic (exact) mass is 318 g/mol. The van der Waals surface area contributed by atoms with Gasteiger partial charge in [-0.1, -0.05) is 30.7 Å². The maximum absolute atomic E-state index is 11.7. The molecule has 0 radical (unpaired) electrons. The van der Waals surface area contributed by atoms with Gasteiger partial charge >= 0.3 is 0 Å². The molecule has 1 atom stereocenters. The lowest BCUT2D eigenvalue weighted by atomic mass is 10.0. The van der Waals surface area contributed by atoms with Gasteiger partial charge in [-0.2, -0.15) is 0 Å². The van der Waals surface area contributed by atoms with Gasteiger partial charge in [-0.15, -0.1) is 12.4 Å². The minimum absolute atomic E-state index is 0. The minimum Gasteiger partial charge on any atom is -0.487 e. The highest BCUT2D eigenvalue weighted by atomic mass is 35.5. The molecule has 112 valence electrons. The zero-order valence-electron chi connectivity index (χ0n) is 11.4. The van der Waals surface area contributed by atoms with E-state index in [1.165, 1.54) is 0 Å². The van der Waals surface area contributed by atoms with Gasteiger partial charge in [-0.3, -0.25) is 4.79 Å². The summed E-state index contributed by atoms with van der Waals surface area (Å²) in [4.78, 5) is 11.7. The lowest BCUT2D eigenvalue weighted by Crippen LogP contribution is -2.52. The Kier molecular flexibility index (Phi) is 7.13. The number of benzene rings is 1. The van der Waals surface area contributed by atoms with Gasteiger partial charge in [0.1, 0.15) is 11.9 Å². The van der Waals surface area contributed by atoms with E-state index in [2.05, 4.69) is 10.6 Å². The quantitative estimate of drug-likeness (QED) is 0.846. The number of carbonyl (C=O) groups is 1. The average Bonchev–Trinajstić information content (AvgIpc) is 2.34. The Morgan fingerprint density at radius 3 is 2.75 bits per heavy atom. The molecule has 1 unspecified atom stereocenters. The maximum Gasteiger partial charge on any atom is 0.225 e. The predicted molar refractivity (Wildman–Crippen MR) is 82.8 cm³/mol. The van der Waals surface area contributed by atoms with Gasteiger partial charge < -0.3 is 15.4 Å². The van der Waals surface area contributed by atoms with Crippen molar-refractivity contribution in [1.29, 1.82) is 0 Å². The standard InChI is InChI=1S/C14H19ClN2O2.ClH/c1-2-11(9-17-14(18)10-7-16-8-10)19-13-6-4-3-5-12(13)15;/h3-6,10-11,16H,2,7-9H2,1H3,(H,17,18);1H. The van der Waals surface area contributed by atoms with Crippen LogP contribution in [-0.2, 0) is 4.79 Å². The van der Waals surface area contributed by atoms with Crippen LogP contribution in [0.25, 0.3) is 0 Å². The zero-order valence-corrected chi connectivity index (χ0v) is 13.0. The largest absolute Gasteiger partial charge is 0.487 e. The number of ether oxygens (including phenoxy) is 1. The Bertz CT molecular complexity index is 439. The number of amides is 1. The van der Waals surface area contributed by atoms with Gasteiger partial charge in [0, 0.05) is 13.1 Å². The van der Waals surface area contributed by atoms with Crippen molar-refractivity contribution in [2.45, 2.75) is 19.4 Å². The van der Waals surface area contributed by atoms with Gasteiger partial charge in [-0.25, -0.2) is 0 Å². The summed E-state index contributed by atoms with van der Waals surface area (Å²) in [5, 5.41) is 6.60. The van der Waals surface area contributed by atoms with Crippen molar-refractivity contribution in [3.8, 4) is 5.75 Å². The van der Waals surface area contributed by atoms with E-state index >= 15 is 0 Å². The van der Waals surface area contributed by atoms with Crippen LogP contribution in [-0.4, -0.2) is 31.6 Å². The molecule has 1 aliphatic rings. The summed E-state index contributed by atoms with van der Waals surface area (Å²) in [6, 6.07) is 7.37. The number of hydrogen-bond acceptors (Lipinski definition) is 3. The lowest BCUT2D eigenvalue weighted by Gasteiger charge is -2.27. The van der Waals surface area contributed by atoms with Gasteiger partial charge in [0.15, 0.2) is 0 Å². The van der Waals surface area contributed by atoms with Crippen LogP contribution in [0.5, 0.6) is 5.75 Å². The first-order valence-corrected chi connectivity index (χ1v) is 6.98. The van der Waals surface area contributed by atoms with Gasteiger partial charge in [0.2, 0.25) is 5.91 Å². The fourth-order valence-corrected chi connectivity index (χ4v) is 2.00. The third-order valence-corrected chi connectivity index (χ3v) is 3.55. The molecule has 4 nitrogen and oxygen atoms in total. The Morgan fingerprint density at radius 2 is 2.20 bits per heavy atom. The molecule has 1 aromatic rings. The highest BCUT2D eigenvalue weighted by Crippen LogP contribution is 2.24. The first-order chi connectivity index (χ1) is 9.20. The van der Waals surface area contributed by atoms with Crippen LogP contribution < -0.4 is 15.4 Å². The summed E-state index contributed by atoms with van der Waals surface area (Å²) in [7, 11) is 0. The molecule has 1 heterocycles. The van der Waals surface area contributed by atoms with Crippen LogP contribution in [0.2, 0.25) is 5.02 Å². The van der Waals surface area contributed by atoms with E-state index in [1.54, 1.807) is 6.07 Å². The molecule has 0 aromatic heterocycles. The third kappa shape index (κ3) is 4.54.